The average Bonchev–Trinajstić information content (AvgIpc) is 3.29. The lowest BCUT2D eigenvalue weighted by Crippen LogP contribution is -2.53. The summed E-state index contributed by atoms with van der Waals surface area (Å²) >= 11 is 0. The number of nitrogens with two attached hydrogens (primary N) is 2. The van der Waals surface area contributed by atoms with Crippen LogP contribution in [0.3, 0.4) is 0 Å². The van der Waals surface area contributed by atoms with Gasteiger partial charge in [0.1, 0.15) is 17.6 Å². The van der Waals surface area contributed by atoms with E-state index in [4.69, 9.17) is 26.0 Å². The molecule has 0 radical (unpaired) electrons. The van der Waals surface area contributed by atoms with Crippen LogP contribution in [0.2, 0.25) is 0 Å². The van der Waals surface area contributed by atoms with Crippen molar-refractivity contribution in [1.29, 1.82) is 5.41 Å². The number of allylic oxidation sites excluding steroid dienone is 1. The van der Waals surface area contributed by atoms with E-state index in [0.29, 0.717) is 23.5 Å². The molecule has 172 valence electrons. The smallest absolute Gasteiger partial charge is 0.208 e. The molecule has 2 aromatic rings. The lowest BCUT2D eigenvalue weighted by Gasteiger charge is -2.37. The number of likely N-dealkylation sites (N-methyl/N-ethyl adjacent to an activating group) is 1. The fourth-order valence-electron chi connectivity index (χ4n) is 3.88. The second kappa shape index (κ2) is 9.32. The van der Waals surface area contributed by atoms with Gasteiger partial charge in [-0.3, -0.25) is 15.2 Å². The van der Waals surface area contributed by atoms with E-state index in [1.807, 2.05) is 25.3 Å². The van der Waals surface area contributed by atoms with Gasteiger partial charge in [-0.05, 0) is 51.1 Å². The van der Waals surface area contributed by atoms with Crippen molar-refractivity contribution in [3.05, 3.63) is 53.9 Å². The molecule has 9 heteroatoms. The van der Waals surface area contributed by atoms with Gasteiger partial charge in [0, 0.05) is 37.4 Å². The van der Waals surface area contributed by atoms with Gasteiger partial charge in [0.15, 0.2) is 0 Å². The van der Waals surface area contributed by atoms with E-state index < -0.39 is 0 Å². The van der Waals surface area contributed by atoms with Crippen LogP contribution in [0.15, 0.2) is 46.8 Å². The number of anilines is 1. The van der Waals surface area contributed by atoms with Crippen LogP contribution in [0.1, 0.15) is 31.2 Å². The second-order valence-corrected chi connectivity index (χ2v) is 8.77. The van der Waals surface area contributed by atoms with Crippen molar-refractivity contribution in [2.24, 2.45) is 5.73 Å². The van der Waals surface area contributed by atoms with Crippen LogP contribution in [0.5, 0.6) is 5.75 Å². The molecule has 1 aliphatic heterocycles. The SMILES string of the molecule is CNC(/C=C(\N)C(=N)c1cc(OC2(C)CC2)ccc1N)N1CCN(Cc2ncco2)CC1. The van der Waals surface area contributed by atoms with Crippen LogP contribution in [0.4, 0.5) is 5.69 Å². The Morgan fingerprint density at radius 2 is 2.09 bits per heavy atom. The Kier molecular flexibility index (Phi) is 6.50. The fraction of sp³-hybridized carbons (Fsp3) is 0.478. The first-order valence-corrected chi connectivity index (χ1v) is 11.0. The minimum absolute atomic E-state index is 0.0785. The van der Waals surface area contributed by atoms with E-state index in [0.717, 1.165) is 50.7 Å². The topological polar surface area (TPSA) is 130 Å². The summed E-state index contributed by atoms with van der Waals surface area (Å²) in [5.41, 5.74) is 14.1. The Labute approximate surface area is 188 Å². The van der Waals surface area contributed by atoms with E-state index >= 15 is 0 Å². The maximum Gasteiger partial charge on any atom is 0.208 e. The number of nitrogens with one attached hydrogen (secondary N) is 2. The van der Waals surface area contributed by atoms with Gasteiger partial charge >= 0.3 is 0 Å². The van der Waals surface area contributed by atoms with Gasteiger partial charge in [-0.2, -0.15) is 0 Å². The van der Waals surface area contributed by atoms with Crippen molar-refractivity contribution < 1.29 is 9.15 Å². The molecule has 2 aliphatic rings. The highest BCUT2D eigenvalue weighted by molar-refractivity contribution is 6.13. The van der Waals surface area contributed by atoms with Crippen LogP contribution in [0.25, 0.3) is 0 Å². The van der Waals surface area contributed by atoms with Gasteiger partial charge in [0.05, 0.1) is 30.3 Å². The van der Waals surface area contributed by atoms with Crippen LogP contribution in [-0.4, -0.2) is 65.5 Å². The van der Waals surface area contributed by atoms with Gasteiger partial charge in [-0.25, -0.2) is 4.98 Å². The Hall–Kier alpha value is -2.88. The first-order chi connectivity index (χ1) is 15.4. The van der Waals surface area contributed by atoms with Crippen molar-refractivity contribution in [3.8, 4) is 5.75 Å². The third-order valence-electron chi connectivity index (χ3n) is 6.18. The molecule has 1 aliphatic carbocycles. The summed E-state index contributed by atoms with van der Waals surface area (Å²) in [6.45, 7) is 6.34. The van der Waals surface area contributed by atoms with Gasteiger partial charge in [0.25, 0.3) is 0 Å². The summed E-state index contributed by atoms with van der Waals surface area (Å²) in [5.74, 6) is 1.46. The first-order valence-electron chi connectivity index (χ1n) is 11.0. The number of ether oxygens (including phenoxy) is 1. The molecule has 1 atom stereocenters. The van der Waals surface area contributed by atoms with Crippen molar-refractivity contribution in [2.45, 2.75) is 38.1 Å². The molecule has 1 saturated carbocycles. The summed E-state index contributed by atoms with van der Waals surface area (Å²) in [5, 5.41) is 11.9. The Bertz CT molecular complexity index is 961. The molecule has 1 aromatic heterocycles. The Morgan fingerprint density at radius 3 is 2.72 bits per heavy atom. The molecule has 0 amide bonds. The lowest BCUT2D eigenvalue weighted by molar-refractivity contribution is 0.0925. The number of hydrogen-bond donors (Lipinski definition) is 4. The number of benzene rings is 1. The number of piperazine rings is 1. The molecular weight excluding hydrogens is 406 g/mol. The normalized spacial score (nSPS) is 20.1. The zero-order chi connectivity index (χ0) is 22.7. The summed E-state index contributed by atoms with van der Waals surface area (Å²) in [6.07, 6.45) is 7.17. The van der Waals surface area contributed by atoms with Gasteiger partial charge in [-0.15, -0.1) is 0 Å². The predicted octanol–water partition coefficient (Wildman–Crippen LogP) is 1.76. The minimum atomic E-state index is -0.0939. The van der Waals surface area contributed by atoms with Crippen LogP contribution in [0, 0.1) is 5.41 Å². The summed E-state index contributed by atoms with van der Waals surface area (Å²) in [7, 11) is 1.90. The van der Waals surface area contributed by atoms with E-state index in [-0.39, 0.29) is 17.5 Å². The molecule has 0 spiro atoms. The van der Waals surface area contributed by atoms with E-state index in [2.05, 4.69) is 27.0 Å². The highest BCUT2D eigenvalue weighted by atomic mass is 16.5. The summed E-state index contributed by atoms with van der Waals surface area (Å²) in [4.78, 5) is 8.83. The molecule has 32 heavy (non-hydrogen) atoms. The quantitative estimate of drug-likeness (QED) is 0.344. The molecule has 4 rings (SSSR count). The predicted molar refractivity (Wildman–Crippen MR) is 124 cm³/mol. The van der Waals surface area contributed by atoms with Crippen LogP contribution < -0.4 is 21.5 Å². The number of hydrogen-bond acceptors (Lipinski definition) is 9. The molecule has 0 bridgehead atoms. The fourth-order valence-corrected chi connectivity index (χ4v) is 3.88. The summed E-state index contributed by atoms with van der Waals surface area (Å²) in [6, 6.07) is 5.45. The molecule has 9 nitrogen and oxygen atoms in total. The largest absolute Gasteiger partial charge is 0.488 e. The Balaban J connectivity index is 1.39. The second-order valence-electron chi connectivity index (χ2n) is 8.77. The lowest BCUT2D eigenvalue weighted by atomic mass is 10.0. The highest BCUT2D eigenvalue weighted by Gasteiger charge is 2.40. The third-order valence-corrected chi connectivity index (χ3v) is 6.18. The molecular formula is C23H33N7O2. The zero-order valence-corrected chi connectivity index (χ0v) is 18.8. The average molecular weight is 440 g/mol. The van der Waals surface area contributed by atoms with Gasteiger partial charge in [-0.1, -0.05) is 0 Å². The first kappa shape index (κ1) is 22.3. The molecule has 1 unspecified atom stereocenters. The van der Waals surface area contributed by atoms with E-state index in [1.54, 1.807) is 18.5 Å². The minimum Gasteiger partial charge on any atom is -0.488 e. The van der Waals surface area contributed by atoms with Crippen molar-refractivity contribution in [3.63, 3.8) is 0 Å². The molecule has 2 heterocycles. The van der Waals surface area contributed by atoms with Gasteiger partial charge in [0.2, 0.25) is 5.89 Å². The van der Waals surface area contributed by atoms with Crippen molar-refractivity contribution in [1.82, 2.24) is 20.1 Å². The number of nitrogen functional groups attached to an aromatic ring is 1. The highest BCUT2D eigenvalue weighted by Crippen LogP contribution is 2.40. The van der Waals surface area contributed by atoms with Crippen molar-refractivity contribution in [2.75, 3.05) is 39.0 Å². The standard InChI is InChI=1S/C23H33N7O2/c1-23(5-6-23)32-16-3-4-18(24)17(13-16)22(26)19(25)14-20(27-2)30-10-8-29(9-11-30)15-21-28-7-12-31-21/h3-4,7,12-14,20,26-27H,5-6,8-11,15,24-25H2,1-2H3/b19-14-,26-22?. The molecule has 6 N–H and O–H groups in total. The summed E-state index contributed by atoms with van der Waals surface area (Å²) < 4.78 is 11.4. The zero-order valence-electron chi connectivity index (χ0n) is 18.8. The van der Waals surface area contributed by atoms with E-state index in [1.165, 1.54) is 0 Å². The van der Waals surface area contributed by atoms with Crippen LogP contribution >= 0.6 is 0 Å². The number of aromatic nitrogens is 1. The van der Waals surface area contributed by atoms with Gasteiger partial charge < -0.3 is 25.9 Å². The molecule has 1 saturated heterocycles. The maximum atomic E-state index is 8.64. The van der Waals surface area contributed by atoms with Crippen LogP contribution in [-0.2, 0) is 6.54 Å². The number of oxazole rings is 1. The molecule has 2 fully saturated rings. The number of nitrogens with zero attached hydrogens (tertiary/aromatic N) is 3. The molecule has 1 aromatic carbocycles. The van der Waals surface area contributed by atoms with Crippen molar-refractivity contribution >= 4 is 11.4 Å². The Morgan fingerprint density at radius 1 is 1.34 bits per heavy atom. The number of rotatable bonds is 9. The monoisotopic (exact) mass is 439 g/mol. The van der Waals surface area contributed by atoms with E-state index in [9.17, 15) is 0 Å². The third kappa shape index (κ3) is 5.29. The maximum absolute atomic E-state index is 8.64.